The summed E-state index contributed by atoms with van der Waals surface area (Å²) in [7, 11) is 0. The third kappa shape index (κ3) is 7.14. The number of pyridine rings is 1. The molecule has 3 aromatic heterocycles. The number of hydrazine groups is 1. The Hall–Kier alpha value is -3.79. The zero-order valence-electron chi connectivity index (χ0n) is 26.9. The van der Waals surface area contributed by atoms with Crippen LogP contribution in [0.2, 0.25) is 5.15 Å². The standard InChI is InChI=1S/C31H37ClF4N8O4/c1-29(2,3)48-28(45)44-13-6-4-5-12-43(44)26-21-16-37-25(32)23(33)24(21)39-27(40-26)47-18-30-9-7-11-42(30)20(8-10-30)17-46-22-14-19(15-38-41-22)31(34,35)36/h14-16,20H,4-13,17-18H2,1-3H3. The summed E-state index contributed by atoms with van der Waals surface area (Å²) in [5, 5.41) is 10.2. The summed E-state index contributed by atoms with van der Waals surface area (Å²) < 4.78 is 72.5. The maximum atomic E-state index is 15.4. The second-order valence-electron chi connectivity index (χ2n) is 13.3. The molecule has 3 saturated heterocycles. The molecule has 17 heteroatoms. The van der Waals surface area contributed by atoms with Gasteiger partial charge in [-0.3, -0.25) is 9.91 Å². The molecular formula is C31H37ClF4N8O4. The first-order chi connectivity index (χ1) is 22.7. The summed E-state index contributed by atoms with van der Waals surface area (Å²) in [6.45, 7) is 7.17. The molecule has 2 atom stereocenters. The topological polar surface area (TPSA) is 119 Å². The second kappa shape index (κ2) is 13.3. The number of ether oxygens (including phenoxy) is 3. The number of carbonyl (C=O) groups is 1. The van der Waals surface area contributed by atoms with Gasteiger partial charge in [0.2, 0.25) is 5.88 Å². The monoisotopic (exact) mass is 696 g/mol. The van der Waals surface area contributed by atoms with Crippen molar-refractivity contribution in [2.24, 2.45) is 0 Å². The smallest absolute Gasteiger partial charge is 0.429 e. The summed E-state index contributed by atoms with van der Waals surface area (Å²) in [6, 6.07) is 0.654. The van der Waals surface area contributed by atoms with Crippen LogP contribution >= 0.6 is 11.6 Å². The van der Waals surface area contributed by atoms with Gasteiger partial charge in [-0.2, -0.15) is 28.2 Å². The van der Waals surface area contributed by atoms with Gasteiger partial charge in [0.05, 0.1) is 22.7 Å². The minimum Gasteiger partial charge on any atom is -0.475 e. The van der Waals surface area contributed by atoms with Crippen molar-refractivity contribution < 1.29 is 36.6 Å². The first kappa shape index (κ1) is 34.1. The predicted molar refractivity (Wildman–Crippen MR) is 166 cm³/mol. The molecule has 3 aromatic rings. The van der Waals surface area contributed by atoms with E-state index in [1.807, 2.05) is 0 Å². The molecule has 3 aliphatic rings. The van der Waals surface area contributed by atoms with Gasteiger partial charge in [-0.15, -0.1) is 5.10 Å². The minimum absolute atomic E-state index is 0.0905. The van der Waals surface area contributed by atoms with E-state index in [-0.39, 0.29) is 53.0 Å². The van der Waals surface area contributed by atoms with E-state index < -0.39 is 34.8 Å². The van der Waals surface area contributed by atoms with Crippen molar-refractivity contribution in [3.63, 3.8) is 0 Å². The summed E-state index contributed by atoms with van der Waals surface area (Å²) in [5.41, 5.74) is -2.18. The molecule has 0 radical (unpaired) electrons. The van der Waals surface area contributed by atoms with Crippen molar-refractivity contribution in [1.29, 1.82) is 0 Å². The van der Waals surface area contributed by atoms with Crippen LogP contribution in [0.25, 0.3) is 10.9 Å². The Labute approximate surface area is 279 Å². The fourth-order valence-electron chi connectivity index (χ4n) is 6.67. The Morgan fingerprint density at radius 3 is 2.60 bits per heavy atom. The highest BCUT2D eigenvalue weighted by atomic mass is 35.5. The van der Waals surface area contributed by atoms with Gasteiger partial charge in [0.25, 0.3) is 0 Å². The molecule has 6 rings (SSSR count). The van der Waals surface area contributed by atoms with E-state index in [9.17, 15) is 18.0 Å². The number of anilines is 1. The predicted octanol–water partition coefficient (Wildman–Crippen LogP) is 6.22. The SMILES string of the molecule is CC(C)(C)OC(=O)N1CCCCCN1c1nc(OCC23CCCN2C(COc2cc(C(F)(F)F)cnn2)CC3)nc2c(F)c(Cl)ncc12. The number of carbonyl (C=O) groups excluding carboxylic acids is 1. The molecule has 0 saturated carbocycles. The second-order valence-corrected chi connectivity index (χ2v) is 13.7. The van der Waals surface area contributed by atoms with Crippen LogP contribution in [0.1, 0.15) is 71.3 Å². The lowest BCUT2D eigenvalue weighted by molar-refractivity contribution is -0.138. The zero-order chi connectivity index (χ0) is 34.3. The van der Waals surface area contributed by atoms with Crippen molar-refractivity contribution in [2.45, 2.75) is 89.1 Å². The van der Waals surface area contributed by atoms with Crippen LogP contribution < -0.4 is 14.5 Å². The maximum Gasteiger partial charge on any atom is 0.429 e. The van der Waals surface area contributed by atoms with Gasteiger partial charge >= 0.3 is 18.3 Å². The Morgan fingerprint density at radius 1 is 1.04 bits per heavy atom. The average Bonchev–Trinajstić information content (AvgIpc) is 3.48. The normalized spacial score (nSPS) is 22.1. The highest BCUT2D eigenvalue weighted by Gasteiger charge is 2.50. The Morgan fingerprint density at radius 2 is 1.83 bits per heavy atom. The molecule has 0 aliphatic carbocycles. The third-order valence-corrected chi connectivity index (χ3v) is 9.13. The van der Waals surface area contributed by atoms with E-state index in [2.05, 4.69) is 25.1 Å². The van der Waals surface area contributed by atoms with Gasteiger partial charge in [-0.25, -0.2) is 19.2 Å². The van der Waals surface area contributed by atoms with Gasteiger partial charge in [0.15, 0.2) is 16.8 Å². The Balaban J connectivity index is 1.24. The van der Waals surface area contributed by atoms with Crippen LogP contribution in [0.4, 0.5) is 28.2 Å². The Bertz CT molecular complexity index is 1660. The summed E-state index contributed by atoms with van der Waals surface area (Å²) in [6.07, 6.45) is 2.41. The fourth-order valence-corrected chi connectivity index (χ4v) is 6.81. The van der Waals surface area contributed by atoms with Gasteiger partial charge in [-0.05, 0) is 72.3 Å². The fraction of sp³-hybridized carbons (Fsp3) is 0.613. The largest absolute Gasteiger partial charge is 0.475 e. The molecule has 6 heterocycles. The average molecular weight is 697 g/mol. The lowest BCUT2D eigenvalue weighted by Crippen LogP contribution is -2.49. The van der Waals surface area contributed by atoms with Crippen LogP contribution in [0.3, 0.4) is 0 Å². The molecule has 260 valence electrons. The summed E-state index contributed by atoms with van der Waals surface area (Å²) >= 11 is 6.06. The number of fused-ring (bicyclic) bond motifs is 2. The third-order valence-electron chi connectivity index (χ3n) is 8.87. The van der Waals surface area contributed by atoms with Gasteiger partial charge in [0.1, 0.15) is 24.3 Å². The number of rotatable bonds is 7. The molecule has 0 aromatic carbocycles. The highest BCUT2D eigenvalue weighted by molar-refractivity contribution is 6.30. The highest BCUT2D eigenvalue weighted by Crippen LogP contribution is 2.43. The Kier molecular flexibility index (Phi) is 9.41. The number of halogens is 5. The van der Waals surface area contributed by atoms with Crippen LogP contribution in [0.15, 0.2) is 18.5 Å². The van der Waals surface area contributed by atoms with Crippen molar-refractivity contribution >= 4 is 34.4 Å². The van der Waals surface area contributed by atoms with Crippen LogP contribution in [-0.2, 0) is 10.9 Å². The minimum atomic E-state index is -4.56. The van der Waals surface area contributed by atoms with E-state index in [0.717, 1.165) is 51.1 Å². The molecule has 0 N–H and O–H groups in total. The molecule has 48 heavy (non-hydrogen) atoms. The quantitative estimate of drug-likeness (QED) is 0.207. The van der Waals surface area contributed by atoms with E-state index in [1.165, 1.54) is 11.2 Å². The number of hydrogen-bond donors (Lipinski definition) is 0. The van der Waals surface area contributed by atoms with Crippen molar-refractivity contribution in [3.05, 3.63) is 35.0 Å². The summed E-state index contributed by atoms with van der Waals surface area (Å²) in [4.78, 5) is 28.7. The van der Waals surface area contributed by atoms with Gasteiger partial charge in [-0.1, -0.05) is 11.6 Å². The molecule has 0 bridgehead atoms. The first-order valence-corrected chi connectivity index (χ1v) is 16.3. The van der Waals surface area contributed by atoms with Crippen molar-refractivity contribution in [2.75, 3.05) is 37.9 Å². The van der Waals surface area contributed by atoms with E-state index in [0.29, 0.717) is 25.7 Å². The van der Waals surface area contributed by atoms with E-state index >= 15 is 4.39 Å². The van der Waals surface area contributed by atoms with Crippen LogP contribution in [0.5, 0.6) is 11.9 Å². The molecular weight excluding hydrogens is 660 g/mol. The lowest BCUT2D eigenvalue weighted by Gasteiger charge is -2.36. The summed E-state index contributed by atoms with van der Waals surface area (Å²) in [5.74, 6) is -0.789. The number of nitrogens with zero attached hydrogens (tertiary/aromatic N) is 8. The van der Waals surface area contributed by atoms with E-state index in [4.69, 9.17) is 30.8 Å². The number of amides is 1. The van der Waals surface area contributed by atoms with Gasteiger partial charge < -0.3 is 14.2 Å². The van der Waals surface area contributed by atoms with Crippen LogP contribution in [0, 0.1) is 5.82 Å². The molecule has 3 fully saturated rings. The number of alkyl halides is 3. The van der Waals surface area contributed by atoms with Crippen molar-refractivity contribution in [3.8, 4) is 11.9 Å². The van der Waals surface area contributed by atoms with Crippen LogP contribution in [-0.4, -0.2) is 91.2 Å². The number of aromatic nitrogens is 5. The van der Waals surface area contributed by atoms with E-state index in [1.54, 1.807) is 25.8 Å². The first-order valence-electron chi connectivity index (χ1n) is 16.0. The molecule has 3 aliphatic heterocycles. The molecule has 0 spiro atoms. The molecule has 12 nitrogen and oxygen atoms in total. The molecule has 1 amide bonds. The lowest BCUT2D eigenvalue weighted by atomic mass is 9.95. The maximum absolute atomic E-state index is 15.4. The van der Waals surface area contributed by atoms with Gasteiger partial charge in [0, 0.05) is 31.4 Å². The zero-order valence-corrected chi connectivity index (χ0v) is 27.7. The molecule has 2 unspecified atom stereocenters. The van der Waals surface area contributed by atoms with Crippen molar-refractivity contribution in [1.82, 2.24) is 35.1 Å². The number of hydrogen-bond acceptors (Lipinski definition) is 11.